The molecular weight excluding hydrogens is 321 g/mol. The Labute approximate surface area is 163 Å². The van der Waals surface area contributed by atoms with Gasteiger partial charge in [0, 0.05) is 12.7 Å². The van der Waals surface area contributed by atoms with Gasteiger partial charge >= 0.3 is 0 Å². The van der Waals surface area contributed by atoms with E-state index in [1.807, 2.05) is 20.9 Å². The van der Waals surface area contributed by atoms with Crippen LogP contribution in [0.1, 0.15) is 86.1 Å². The van der Waals surface area contributed by atoms with Crippen molar-refractivity contribution in [2.45, 2.75) is 87.5 Å². The highest BCUT2D eigenvalue weighted by Gasteiger charge is 1.96. The van der Waals surface area contributed by atoms with Gasteiger partial charge in [-0.25, -0.2) is 4.39 Å². The van der Waals surface area contributed by atoms with Gasteiger partial charge < -0.3 is 5.32 Å². The molecule has 0 aliphatic carbocycles. The van der Waals surface area contributed by atoms with Gasteiger partial charge in [-0.15, -0.1) is 0 Å². The van der Waals surface area contributed by atoms with Crippen molar-refractivity contribution in [1.29, 1.82) is 0 Å². The predicted molar refractivity (Wildman–Crippen MR) is 121 cm³/mol. The lowest BCUT2D eigenvalue weighted by Gasteiger charge is -1.97. The minimum atomic E-state index is -0.0972. The molecule has 0 bridgehead atoms. The van der Waals surface area contributed by atoms with Crippen LogP contribution >= 0.6 is 0 Å². The van der Waals surface area contributed by atoms with E-state index in [0.717, 1.165) is 12.0 Å². The number of aryl methyl sites for hydroxylation is 1. The Morgan fingerprint density at radius 1 is 0.846 bits per heavy atom. The van der Waals surface area contributed by atoms with E-state index in [-0.39, 0.29) is 5.83 Å². The zero-order valence-electron chi connectivity index (χ0n) is 18.9. The van der Waals surface area contributed by atoms with Gasteiger partial charge in [0.1, 0.15) is 5.83 Å². The van der Waals surface area contributed by atoms with Gasteiger partial charge in [-0.05, 0) is 44.9 Å². The van der Waals surface area contributed by atoms with Crippen molar-refractivity contribution in [3.05, 3.63) is 53.4 Å². The summed E-state index contributed by atoms with van der Waals surface area (Å²) < 4.78 is 12.6. The summed E-state index contributed by atoms with van der Waals surface area (Å²) >= 11 is 0. The molecule has 2 heteroatoms. The Kier molecular flexibility index (Phi) is 26.3. The maximum atomic E-state index is 12.6. The fourth-order valence-electron chi connectivity index (χ4n) is 1.42. The monoisotopic (exact) mass is 365 g/mol. The Balaban J connectivity index is -0.000000293. The third kappa shape index (κ3) is 20.5. The molecule has 0 spiro atoms. The van der Waals surface area contributed by atoms with Gasteiger partial charge in [0.25, 0.3) is 0 Å². The summed E-state index contributed by atoms with van der Waals surface area (Å²) in [6, 6.07) is 8.31. The van der Waals surface area contributed by atoms with Gasteiger partial charge in [0.05, 0.1) is 0 Å². The van der Waals surface area contributed by atoms with E-state index in [0.29, 0.717) is 0 Å². The Hall–Kier alpha value is -1.57. The number of halogens is 1. The molecule has 0 fully saturated rings. The third-order valence-electron chi connectivity index (χ3n) is 3.63. The molecule has 0 radical (unpaired) electrons. The maximum absolute atomic E-state index is 12.6. The van der Waals surface area contributed by atoms with Crippen molar-refractivity contribution in [2.24, 2.45) is 0 Å². The molecule has 1 N–H and O–H groups in total. The Morgan fingerprint density at radius 3 is 1.46 bits per heavy atom. The smallest absolute Gasteiger partial charge is 0.121 e. The molecule has 0 amide bonds. The molecule has 0 atom stereocenters. The lowest BCUT2D eigenvalue weighted by atomic mass is 10.2. The quantitative estimate of drug-likeness (QED) is 0.514. The van der Waals surface area contributed by atoms with Gasteiger partial charge in [0.15, 0.2) is 0 Å². The second-order valence-electron chi connectivity index (χ2n) is 5.92. The van der Waals surface area contributed by atoms with E-state index < -0.39 is 0 Å². The topological polar surface area (TPSA) is 12.0 Å². The highest BCUT2D eigenvalue weighted by atomic mass is 19.1. The van der Waals surface area contributed by atoms with Crippen molar-refractivity contribution in [2.75, 3.05) is 12.4 Å². The van der Waals surface area contributed by atoms with E-state index in [1.54, 1.807) is 13.0 Å². The SMILES string of the molecule is C/C=C(CC)\C(F)=C/C.CCCC.CCCC.CNc1ccc(C)cc1. The normalized spacial score (nSPS) is 10.4. The highest BCUT2D eigenvalue weighted by Crippen LogP contribution is 2.13. The summed E-state index contributed by atoms with van der Waals surface area (Å²) in [4.78, 5) is 0. The van der Waals surface area contributed by atoms with Crippen molar-refractivity contribution in [3.8, 4) is 0 Å². The van der Waals surface area contributed by atoms with Crippen LogP contribution in [0.4, 0.5) is 10.1 Å². The van der Waals surface area contributed by atoms with Gasteiger partial charge in [-0.2, -0.15) is 0 Å². The molecule has 26 heavy (non-hydrogen) atoms. The number of nitrogens with one attached hydrogen (secondary N) is 1. The number of benzene rings is 1. The molecule has 0 saturated carbocycles. The summed E-state index contributed by atoms with van der Waals surface area (Å²) in [5, 5.41) is 3.05. The predicted octanol–water partition coefficient (Wildman–Crippen LogP) is 8.87. The fourth-order valence-corrected chi connectivity index (χ4v) is 1.42. The lowest BCUT2D eigenvalue weighted by molar-refractivity contribution is 0.640. The van der Waals surface area contributed by atoms with Crippen LogP contribution in [0.15, 0.2) is 47.8 Å². The molecule has 0 unspecified atom stereocenters. The summed E-state index contributed by atoms with van der Waals surface area (Å²) in [6.07, 6.45) is 9.33. The second-order valence-corrected chi connectivity index (χ2v) is 5.92. The first-order chi connectivity index (χ1) is 12.4. The number of unbranched alkanes of at least 4 members (excludes halogenated alkanes) is 2. The van der Waals surface area contributed by atoms with Crippen LogP contribution in [0.5, 0.6) is 0 Å². The van der Waals surface area contributed by atoms with Gasteiger partial charge in [-0.1, -0.05) is 90.2 Å². The van der Waals surface area contributed by atoms with E-state index in [2.05, 4.69) is 64.2 Å². The summed E-state index contributed by atoms with van der Waals surface area (Å²) in [5.41, 5.74) is 3.26. The van der Waals surface area contributed by atoms with Crippen LogP contribution in [0.25, 0.3) is 0 Å². The molecule has 0 heterocycles. The lowest BCUT2D eigenvalue weighted by Crippen LogP contribution is -1.85. The van der Waals surface area contributed by atoms with Crippen molar-refractivity contribution >= 4 is 5.69 Å². The Bertz CT molecular complexity index is 436. The second kappa shape index (κ2) is 23.4. The molecular formula is C24H44FN. The van der Waals surface area contributed by atoms with Crippen LogP contribution < -0.4 is 5.32 Å². The minimum absolute atomic E-state index is 0.0972. The highest BCUT2D eigenvalue weighted by molar-refractivity contribution is 5.43. The number of hydrogen-bond acceptors (Lipinski definition) is 1. The van der Waals surface area contributed by atoms with E-state index >= 15 is 0 Å². The van der Waals surface area contributed by atoms with E-state index in [9.17, 15) is 4.39 Å². The molecule has 1 aromatic rings. The molecule has 1 aromatic carbocycles. The number of allylic oxidation sites excluding steroid dienone is 4. The van der Waals surface area contributed by atoms with Crippen molar-refractivity contribution < 1.29 is 4.39 Å². The van der Waals surface area contributed by atoms with Crippen molar-refractivity contribution in [3.63, 3.8) is 0 Å². The first kappa shape index (κ1) is 29.2. The first-order valence-electron chi connectivity index (χ1n) is 10.1. The molecule has 152 valence electrons. The summed E-state index contributed by atoms with van der Waals surface area (Å²) in [7, 11) is 1.92. The average Bonchev–Trinajstić information content (AvgIpc) is 2.70. The minimum Gasteiger partial charge on any atom is -0.388 e. The van der Waals surface area contributed by atoms with Gasteiger partial charge in [0.2, 0.25) is 0 Å². The van der Waals surface area contributed by atoms with E-state index in [4.69, 9.17) is 0 Å². The molecule has 0 aliphatic rings. The maximum Gasteiger partial charge on any atom is 0.121 e. The van der Waals surface area contributed by atoms with E-state index in [1.165, 1.54) is 43.0 Å². The fraction of sp³-hybridized carbons (Fsp3) is 0.583. The van der Waals surface area contributed by atoms with Crippen LogP contribution in [0.2, 0.25) is 0 Å². The largest absolute Gasteiger partial charge is 0.388 e. The van der Waals surface area contributed by atoms with Crippen molar-refractivity contribution in [1.82, 2.24) is 0 Å². The number of rotatable bonds is 5. The third-order valence-corrected chi connectivity index (χ3v) is 3.63. The number of hydrogen-bond donors (Lipinski definition) is 1. The number of anilines is 1. The standard InChI is InChI=1S/C8H13F.C8H11N.2C4H10/c1-4-7(5-2)8(9)6-3;1-7-3-5-8(9-2)6-4-7;2*1-3-4-2/h4,6H,5H2,1-3H3;3-6,9H,1-2H3;2*3-4H2,1-2H3/b7-4-,8-6+;;;. The Morgan fingerprint density at radius 2 is 1.27 bits per heavy atom. The van der Waals surface area contributed by atoms with Gasteiger partial charge in [-0.3, -0.25) is 0 Å². The van der Waals surface area contributed by atoms with Crippen LogP contribution in [0.3, 0.4) is 0 Å². The molecule has 0 aromatic heterocycles. The zero-order chi connectivity index (χ0) is 20.8. The zero-order valence-corrected chi connectivity index (χ0v) is 18.9. The first-order valence-corrected chi connectivity index (χ1v) is 10.1. The van der Waals surface area contributed by atoms with Crippen LogP contribution in [0, 0.1) is 6.92 Å². The molecule has 1 rings (SSSR count). The summed E-state index contributed by atoms with van der Waals surface area (Å²) in [5.74, 6) is -0.0972. The summed E-state index contributed by atoms with van der Waals surface area (Å²) in [6.45, 7) is 16.3. The van der Waals surface area contributed by atoms with Crippen LogP contribution in [-0.2, 0) is 0 Å². The molecule has 0 saturated heterocycles. The van der Waals surface area contributed by atoms with Crippen LogP contribution in [-0.4, -0.2) is 7.05 Å². The molecule has 1 nitrogen and oxygen atoms in total. The average molecular weight is 366 g/mol. The molecule has 0 aliphatic heterocycles.